The van der Waals surface area contributed by atoms with Gasteiger partial charge in [0.2, 0.25) is 0 Å². The number of benzene rings is 2. The summed E-state index contributed by atoms with van der Waals surface area (Å²) in [6.07, 6.45) is -1.65. The number of anilines is 1. The van der Waals surface area contributed by atoms with Crippen LogP contribution in [0.2, 0.25) is 0 Å². The summed E-state index contributed by atoms with van der Waals surface area (Å²) >= 11 is 1.14. The van der Waals surface area contributed by atoms with Crippen molar-refractivity contribution in [3.05, 3.63) is 52.5 Å². The van der Waals surface area contributed by atoms with Gasteiger partial charge in [-0.25, -0.2) is 13.8 Å². The van der Waals surface area contributed by atoms with Gasteiger partial charge in [-0.05, 0) is 36.8 Å². The molecule has 0 bridgehead atoms. The number of carboxylic acids is 1. The minimum Gasteiger partial charge on any atom is -0.481 e. The van der Waals surface area contributed by atoms with Gasteiger partial charge >= 0.3 is 5.97 Å². The molecule has 1 atom stereocenters. The van der Waals surface area contributed by atoms with Gasteiger partial charge in [0.05, 0.1) is 23.4 Å². The van der Waals surface area contributed by atoms with Crippen LogP contribution in [0, 0.1) is 18.6 Å². The van der Waals surface area contributed by atoms with Gasteiger partial charge in [-0.2, -0.15) is 0 Å². The minimum atomic E-state index is -1.17. The van der Waals surface area contributed by atoms with Gasteiger partial charge in [0.15, 0.2) is 17.7 Å². The number of amides is 1. The van der Waals surface area contributed by atoms with Gasteiger partial charge in [-0.3, -0.25) is 14.5 Å². The lowest BCUT2D eigenvalue weighted by atomic mass is 10.1. The van der Waals surface area contributed by atoms with Crippen LogP contribution in [0.5, 0.6) is 5.75 Å². The number of thiazole rings is 1. The highest BCUT2D eigenvalue weighted by atomic mass is 32.1. The van der Waals surface area contributed by atoms with Crippen molar-refractivity contribution in [3.63, 3.8) is 0 Å². The Balaban J connectivity index is 1.74. The molecular weight excluding hydrogens is 390 g/mol. The molecule has 1 N–H and O–H groups in total. The fraction of sp³-hybridized carbons (Fsp3) is 0.211. The molecule has 1 aliphatic rings. The SMILES string of the molecule is Cc1ccc2c(c1)OC(CC(=O)O)C(=O)N2Cc1nc2c(F)c(F)ccc2s1. The lowest BCUT2D eigenvalue weighted by molar-refractivity contribution is -0.142. The quantitative estimate of drug-likeness (QED) is 0.718. The fourth-order valence-corrected chi connectivity index (χ4v) is 4.02. The number of ether oxygens (including phenoxy) is 1. The Hall–Kier alpha value is -3.07. The predicted octanol–water partition coefficient (Wildman–Crippen LogP) is 3.65. The van der Waals surface area contributed by atoms with Crippen LogP contribution >= 0.6 is 11.3 Å². The van der Waals surface area contributed by atoms with Crippen molar-refractivity contribution in [2.75, 3.05) is 4.90 Å². The van der Waals surface area contributed by atoms with Crippen LogP contribution in [0.4, 0.5) is 14.5 Å². The second-order valence-corrected chi connectivity index (χ2v) is 7.53. The van der Waals surface area contributed by atoms with Crippen LogP contribution in [0.25, 0.3) is 10.2 Å². The van der Waals surface area contributed by atoms with Gasteiger partial charge < -0.3 is 9.84 Å². The maximum atomic E-state index is 14.0. The molecule has 1 amide bonds. The molecule has 4 rings (SSSR count). The molecule has 144 valence electrons. The first-order chi connectivity index (χ1) is 13.3. The van der Waals surface area contributed by atoms with Crippen molar-refractivity contribution < 1.29 is 28.2 Å². The van der Waals surface area contributed by atoms with E-state index in [2.05, 4.69) is 4.98 Å². The van der Waals surface area contributed by atoms with Gasteiger partial charge in [0.25, 0.3) is 5.91 Å². The fourth-order valence-electron chi connectivity index (χ4n) is 3.07. The molecule has 0 radical (unpaired) electrons. The van der Waals surface area contributed by atoms with E-state index >= 15 is 0 Å². The predicted molar refractivity (Wildman–Crippen MR) is 98.6 cm³/mol. The molecule has 3 aromatic rings. The highest BCUT2D eigenvalue weighted by molar-refractivity contribution is 7.18. The first-order valence-corrected chi connectivity index (χ1v) is 9.19. The van der Waals surface area contributed by atoms with Crippen LogP contribution < -0.4 is 9.64 Å². The van der Waals surface area contributed by atoms with Crippen LogP contribution in [-0.2, 0) is 16.1 Å². The number of carbonyl (C=O) groups is 2. The second kappa shape index (κ2) is 6.83. The van der Waals surface area contributed by atoms with E-state index in [9.17, 15) is 18.4 Å². The van der Waals surface area contributed by atoms with Crippen LogP contribution in [0.1, 0.15) is 17.0 Å². The number of aryl methyl sites for hydroxylation is 1. The Kier molecular flexibility index (Phi) is 4.46. The molecule has 2 heterocycles. The van der Waals surface area contributed by atoms with Crippen molar-refractivity contribution in [1.82, 2.24) is 4.98 Å². The lowest BCUT2D eigenvalue weighted by Gasteiger charge is -2.33. The molecular formula is C19H14F2N2O4S. The third-order valence-electron chi connectivity index (χ3n) is 4.37. The smallest absolute Gasteiger partial charge is 0.307 e. The van der Waals surface area contributed by atoms with E-state index in [0.717, 1.165) is 23.0 Å². The van der Waals surface area contributed by atoms with Crippen molar-refractivity contribution in [2.45, 2.75) is 26.0 Å². The number of aromatic nitrogens is 1. The van der Waals surface area contributed by atoms with E-state index in [-0.39, 0.29) is 12.1 Å². The number of rotatable bonds is 4. The first kappa shape index (κ1) is 18.3. The number of hydrogen-bond acceptors (Lipinski definition) is 5. The normalized spacial score (nSPS) is 16.2. The van der Waals surface area contributed by atoms with E-state index in [0.29, 0.717) is 21.1 Å². The summed E-state index contributed by atoms with van der Waals surface area (Å²) in [4.78, 5) is 29.4. The Morgan fingerprint density at radius 2 is 2.11 bits per heavy atom. The Labute approximate surface area is 162 Å². The molecule has 0 spiro atoms. The zero-order valence-corrected chi connectivity index (χ0v) is 15.4. The largest absolute Gasteiger partial charge is 0.481 e. The zero-order chi connectivity index (χ0) is 20.0. The van der Waals surface area contributed by atoms with Crippen molar-refractivity contribution >= 4 is 39.1 Å². The number of carbonyl (C=O) groups excluding carboxylic acids is 1. The molecule has 0 fully saturated rings. The molecule has 1 unspecified atom stereocenters. The molecule has 28 heavy (non-hydrogen) atoms. The topological polar surface area (TPSA) is 79.7 Å². The number of aliphatic carboxylic acids is 1. The molecule has 9 heteroatoms. The van der Waals surface area contributed by atoms with Gasteiger partial charge in [0, 0.05) is 0 Å². The minimum absolute atomic E-state index is 0.00518. The summed E-state index contributed by atoms with van der Waals surface area (Å²) in [7, 11) is 0. The lowest BCUT2D eigenvalue weighted by Crippen LogP contribution is -2.46. The first-order valence-electron chi connectivity index (χ1n) is 8.37. The molecule has 1 aliphatic heterocycles. The van der Waals surface area contributed by atoms with Crippen molar-refractivity contribution in [2.24, 2.45) is 0 Å². The van der Waals surface area contributed by atoms with E-state index in [1.807, 2.05) is 6.92 Å². The maximum absolute atomic E-state index is 14.0. The van der Waals surface area contributed by atoms with E-state index in [4.69, 9.17) is 9.84 Å². The van der Waals surface area contributed by atoms with Crippen LogP contribution in [-0.4, -0.2) is 28.1 Å². The van der Waals surface area contributed by atoms with Gasteiger partial charge in [0.1, 0.15) is 16.3 Å². The summed E-state index contributed by atoms with van der Waals surface area (Å²) in [5, 5.41) is 9.47. The maximum Gasteiger partial charge on any atom is 0.307 e. The molecule has 2 aromatic carbocycles. The van der Waals surface area contributed by atoms with Crippen molar-refractivity contribution in [1.29, 1.82) is 0 Å². The average Bonchev–Trinajstić information content (AvgIpc) is 3.05. The average molecular weight is 404 g/mol. The molecule has 6 nitrogen and oxygen atoms in total. The second-order valence-electron chi connectivity index (χ2n) is 6.42. The monoisotopic (exact) mass is 404 g/mol. The zero-order valence-electron chi connectivity index (χ0n) is 14.6. The Morgan fingerprint density at radius 3 is 2.86 bits per heavy atom. The number of nitrogens with zero attached hydrogens (tertiary/aromatic N) is 2. The molecule has 0 saturated heterocycles. The number of hydrogen-bond donors (Lipinski definition) is 1. The molecule has 1 aromatic heterocycles. The Bertz CT molecular complexity index is 1110. The number of carboxylic acid groups (broad SMARTS) is 1. The van der Waals surface area contributed by atoms with Gasteiger partial charge in [-0.1, -0.05) is 6.07 Å². The van der Waals surface area contributed by atoms with E-state index in [1.54, 1.807) is 18.2 Å². The van der Waals surface area contributed by atoms with Crippen LogP contribution in [0.3, 0.4) is 0 Å². The summed E-state index contributed by atoms with van der Waals surface area (Å²) in [6.45, 7) is 1.84. The van der Waals surface area contributed by atoms with Gasteiger partial charge in [-0.15, -0.1) is 11.3 Å². The van der Waals surface area contributed by atoms with E-state index in [1.165, 1.54) is 11.0 Å². The van der Waals surface area contributed by atoms with E-state index < -0.39 is 36.0 Å². The summed E-state index contributed by atoms with van der Waals surface area (Å²) in [5.41, 5.74) is 1.27. The summed E-state index contributed by atoms with van der Waals surface area (Å²) in [6, 6.07) is 7.68. The highest BCUT2D eigenvalue weighted by Crippen LogP contribution is 2.37. The molecule has 0 aliphatic carbocycles. The summed E-state index contributed by atoms with van der Waals surface area (Å²) < 4.78 is 33.5. The third-order valence-corrected chi connectivity index (χ3v) is 5.37. The summed E-state index contributed by atoms with van der Waals surface area (Å²) in [5.74, 6) is -3.32. The van der Waals surface area contributed by atoms with Crippen LogP contribution in [0.15, 0.2) is 30.3 Å². The number of halogens is 2. The standard InChI is InChI=1S/C19H14F2N2O4S/c1-9-2-4-11-12(6-9)27-13(7-16(24)25)19(26)23(11)8-15-22-18-14(28-15)5-3-10(20)17(18)21/h2-6,13H,7-8H2,1H3,(H,24,25). The van der Waals surface area contributed by atoms with Crippen molar-refractivity contribution in [3.8, 4) is 5.75 Å². The molecule has 0 saturated carbocycles. The highest BCUT2D eigenvalue weighted by Gasteiger charge is 2.36. The third kappa shape index (κ3) is 3.18. The Morgan fingerprint density at radius 1 is 1.32 bits per heavy atom. The number of fused-ring (bicyclic) bond motifs is 2.